The Labute approximate surface area is 138 Å². The fourth-order valence-corrected chi connectivity index (χ4v) is 3.35. The first-order valence-corrected chi connectivity index (χ1v) is 8.53. The maximum absolute atomic E-state index is 10.6. The van der Waals surface area contributed by atoms with Crippen molar-refractivity contribution < 1.29 is 5.11 Å². The minimum Gasteiger partial charge on any atom is -0.386 e. The van der Waals surface area contributed by atoms with E-state index < -0.39 is 5.60 Å². The Balaban J connectivity index is 1.96. The third-order valence-electron chi connectivity index (χ3n) is 4.79. The number of hydrogen-bond acceptors (Lipinski definition) is 1. The first-order chi connectivity index (χ1) is 11.0. The fourth-order valence-electron chi connectivity index (χ4n) is 3.35. The normalized spacial score (nSPS) is 16.8. The van der Waals surface area contributed by atoms with Gasteiger partial charge in [0.1, 0.15) is 0 Å². The molecule has 0 radical (unpaired) electrons. The lowest BCUT2D eigenvalue weighted by Gasteiger charge is -2.24. The van der Waals surface area contributed by atoms with Gasteiger partial charge in [-0.15, -0.1) is 0 Å². The van der Waals surface area contributed by atoms with Gasteiger partial charge in [0.2, 0.25) is 0 Å². The standard InChI is InChI=1S/C22H22O/c1-22(2,23)21-14-17-5-3-4-6-18(17)20-13-16(11-12-19(20)21)10-9-15-7-8-15/h4,6,11-15,23H,3,5,7-8H2,1-2H3. The molecule has 0 heterocycles. The van der Waals surface area contributed by atoms with Crippen LogP contribution >= 0.6 is 0 Å². The van der Waals surface area contributed by atoms with Crippen molar-refractivity contribution in [2.75, 3.05) is 0 Å². The van der Waals surface area contributed by atoms with Crippen LogP contribution in [0.2, 0.25) is 0 Å². The van der Waals surface area contributed by atoms with Gasteiger partial charge in [-0.1, -0.05) is 36.1 Å². The third kappa shape index (κ3) is 2.80. The number of allylic oxidation sites excluding steroid dienone is 1. The number of fused-ring (bicyclic) bond motifs is 3. The first kappa shape index (κ1) is 14.5. The van der Waals surface area contributed by atoms with Gasteiger partial charge in [-0.2, -0.15) is 0 Å². The molecule has 0 bridgehead atoms. The predicted molar refractivity (Wildman–Crippen MR) is 96.1 cm³/mol. The van der Waals surface area contributed by atoms with E-state index in [2.05, 4.69) is 48.3 Å². The highest BCUT2D eigenvalue weighted by Crippen LogP contribution is 2.36. The van der Waals surface area contributed by atoms with Crippen LogP contribution in [0.4, 0.5) is 0 Å². The van der Waals surface area contributed by atoms with Crippen molar-refractivity contribution in [2.45, 2.75) is 45.1 Å². The second-order valence-electron chi connectivity index (χ2n) is 7.30. The van der Waals surface area contributed by atoms with Gasteiger partial charge >= 0.3 is 0 Å². The van der Waals surface area contributed by atoms with E-state index in [-0.39, 0.29) is 0 Å². The fraction of sp³-hybridized carbons (Fsp3) is 0.364. The monoisotopic (exact) mass is 302 g/mol. The number of hydrogen-bond donors (Lipinski definition) is 1. The summed E-state index contributed by atoms with van der Waals surface area (Å²) in [7, 11) is 0. The summed E-state index contributed by atoms with van der Waals surface area (Å²) < 4.78 is 0. The average Bonchev–Trinajstić information content (AvgIpc) is 3.35. The van der Waals surface area contributed by atoms with Crippen LogP contribution in [0.5, 0.6) is 0 Å². The lowest BCUT2D eigenvalue weighted by Crippen LogP contribution is -2.17. The molecule has 2 aromatic rings. The summed E-state index contributed by atoms with van der Waals surface area (Å²) in [5.41, 5.74) is 3.90. The third-order valence-corrected chi connectivity index (χ3v) is 4.79. The topological polar surface area (TPSA) is 20.2 Å². The smallest absolute Gasteiger partial charge is 0.0846 e. The summed E-state index contributed by atoms with van der Waals surface area (Å²) >= 11 is 0. The average molecular weight is 302 g/mol. The van der Waals surface area contributed by atoms with E-state index in [0.29, 0.717) is 5.92 Å². The van der Waals surface area contributed by atoms with E-state index in [0.717, 1.165) is 29.4 Å². The van der Waals surface area contributed by atoms with E-state index in [1.165, 1.54) is 29.4 Å². The van der Waals surface area contributed by atoms with Crippen molar-refractivity contribution in [3.05, 3.63) is 52.6 Å². The molecule has 2 aliphatic carbocycles. The Kier molecular flexibility index (Phi) is 3.32. The van der Waals surface area contributed by atoms with Crippen LogP contribution in [-0.2, 0) is 12.0 Å². The number of aliphatic hydroxyl groups is 1. The number of aryl methyl sites for hydroxylation is 1. The molecule has 0 atom stereocenters. The molecule has 1 fully saturated rings. The van der Waals surface area contributed by atoms with Crippen LogP contribution in [0.1, 0.15) is 55.4 Å². The summed E-state index contributed by atoms with van der Waals surface area (Å²) in [5.74, 6) is 7.29. The Morgan fingerprint density at radius 1 is 1.13 bits per heavy atom. The zero-order valence-corrected chi connectivity index (χ0v) is 13.8. The number of benzene rings is 2. The maximum Gasteiger partial charge on any atom is 0.0846 e. The van der Waals surface area contributed by atoms with E-state index in [9.17, 15) is 5.11 Å². The van der Waals surface area contributed by atoms with E-state index in [1.54, 1.807) is 0 Å². The van der Waals surface area contributed by atoms with Gasteiger partial charge in [-0.25, -0.2) is 0 Å². The van der Waals surface area contributed by atoms with Crippen LogP contribution in [0, 0.1) is 17.8 Å². The van der Waals surface area contributed by atoms with Crippen molar-refractivity contribution in [1.29, 1.82) is 0 Å². The highest BCUT2D eigenvalue weighted by Gasteiger charge is 2.22. The molecular formula is C22H22O. The molecule has 2 aliphatic rings. The lowest BCUT2D eigenvalue weighted by molar-refractivity contribution is 0.0801. The molecule has 0 unspecified atom stereocenters. The van der Waals surface area contributed by atoms with Gasteiger partial charge in [-0.3, -0.25) is 0 Å². The maximum atomic E-state index is 10.6. The van der Waals surface area contributed by atoms with Crippen LogP contribution < -0.4 is 0 Å². The molecule has 23 heavy (non-hydrogen) atoms. The van der Waals surface area contributed by atoms with Crippen molar-refractivity contribution in [2.24, 2.45) is 5.92 Å². The molecule has 4 rings (SSSR count). The summed E-state index contributed by atoms with van der Waals surface area (Å²) in [6, 6.07) is 8.61. The van der Waals surface area contributed by atoms with Crippen LogP contribution in [0.3, 0.4) is 0 Å². The van der Waals surface area contributed by atoms with Gasteiger partial charge in [-0.05, 0) is 79.1 Å². The molecule has 0 saturated heterocycles. The van der Waals surface area contributed by atoms with Crippen molar-refractivity contribution in [3.8, 4) is 11.8 Å². The van der Waals surface area contributed by atoms with Crippen molar-refractivity contribution in [3.63, 3.8) is 0 Å². The highest BCUT2D eigenvalue weighted by atomic mass is 16.3. The van der Waals surface area contributed by atoms with Crippen molar-refractivity contribution in [1.82, 2.24) is 0 Å². The molecule has 2 aromatic carbocycles. The minimum atomic E-state index is -0.838. The van der Waals surface area contributed by atoms with Crippen LogP contribution in [0.25, 0.3) is 16.8 Å². The second-order valence-corrected chi connectivity index (χ2v) is 7.30. The van der Waals surface area contributed by atoms with Gasteiger partial charge in [0.05, 0.1) is 5.60 Å². The highest BCUT2D eigenvalue weighted by molar-refractivity contribution is 5.96. The molecule has 1 N–H and O–H groups in total. The molecule has 1 heteroatoms. The summed E-state index contributed by atoms with van der Waals surface area (Å²) in [4.78, 5) is 0. The molecule has 116 valence electrons. The zero-order valence-electron chi connectivity index (χ0n) is 13.8. The Morgan fingerprint density at radius 3 is 2.70 bits per heavy atom. The Bertz CT molecular complexity index is 865. The van der Waals surface area contributed by atoms with E-state index in [4.69, 9.17) is 0 Å². The van der Waals surface area contributed by atoms with Crippen molar-refractivity contribution >= 4 is 16.8 Å². The molecule has 0 aromatic heterocycles. The zero-order chi connectivity index (χ0) is 16.0. The van der Waals surface area contributed by atoms with Gasteiger partial charge < -0.3 is 5.11 Å². The first-order valence-electron chi connectivity index (χ1n) is 8.53. The molecule has 1 nitrogen and oxygen atoms in total. The molecule has 0 aliphatic heterocycles. The van der Waals surface area contributed by atoms with Gasteiger partial charge in [0, 0.05) is 11.5 Å². The van der Waals surface area contributed by atoms with Gasteiger partial charge in [0.25, 0.3) is 0 Å². The summed E-state index contributed by atoms with van der Waals surface area (Å²) in [6.45, 7) is 3.74. The molecule has 0 spiro atoms. The van der Waals surface area contributed by atoms with E-state index in [1.807, 2.05) is 13.8 Å². The molecule has 0 amide bonds. The Hall–Kier alpha value is -2.04. The molecule has 1 saturated carbocycles. The lowest BCUT2D eigenvalue weighted by atomic mass is 9.84. The summed E-state index contributed by atoms with van der Waals surface area (Å²) in [5, 5.41) is 13.0. The number of rotatable bonds is 1. The van der Waals surface area contributed by atoms with Gasteiger partial charge in [0.15, 0.2) is 0 Å². The SMILES string of the molecule is CC(C)(O)c1cc2c(c3cc(C#CC4CC4)ccc13)C=CCC2. The molecular weight excluding hydrogens is 280 g/mol. The van der Waals surface area contributed by atoms with Crippen LogP contribution in [-0.4, -0.2) is 5.11 Å². The second kappa shape index (κ2) is 5.25. The minimum absolute atomic E-state index is 0.613. The predicted octanol–water partition coefficient (Wildman–Crippen LogP) is 4.79. The Morgan fingerprint density at radius 2 is 1.96 bits per heavy atom. The summed E-state index contributed by atoms with van der Waals surface area (Å²) in [6.07, 6.45) is 9.10. The quantitative estimate of drug-likeness (QED) is 0.751. The largest absolute Gasteiger partial charge is 0.386 e. The van der Waals surface area contributed by atoms with E-state index >= 15 is 0 Å². The van der Waals surface area contributed by atoms with Crippen LogP contribution in [0.15, 0.2) is 30.3 Å².